The summed E-state index contributed by atoms with van der Waals surface area (Å²) < 4.78 is 12.8. The highest BCUT2D eigenvalue weighted by atomic mass is 16.6. The number of hydrogen-bond donors (Lipinski definition) is 2. The summed E-state index contributed by atoms with van der Waals surface area (Å²) in [6.45, 7) is 5.38. The van der Waals surface area contributed by atoms with Gasteiger partial charge < -0.3 is 19.9 Å². The van der Waals surface area contributed by atoms with Crippen LogP contribution in [0.2, 0.25) is 0 Å². The highest BCUT2D eigenvalue weighted by molar-refractivity contribution is 5.79. The molecule has 10 nitrogen and oxygen atoms in total. The van der Waals surface area contributed by atoms with E-state index < -0.39 is 23.7 Å². The molecule has 0 saturated carbocycles. The van der Waals surface area contributed by atoms with Gasteiger partial charge in [-0.3, -0.25) is 4.57 Å². The van der Waals surface area contributed by atoms with E-state index in [-0.39, 0.29) is 18.7 Å². The minimum atomic E-state index is -1.22. The normalized spacial score (nSPS) is 12.3. The lowest BCUT2D eigenvalue weighted by atomic mass is 10.2. The van der Waals surface area contributed by atoms with Crippen LogP contribution >= 0.6 is 0 Å². The van der Waals surface area contributed by atoms with Gasteiger partial charge in [-0.15, -0.1) is 0 Å². The van der Waals surface area contributed by atoms with Crippen molar-refractivity contribution in [2.24, 2.45) is 0 Å². The monoisotopic (exact) mass is 406 g/mol. The van der Waals surface area contributed by atoms with Crippen molar-refractivity contribution in [2.75, 3.05) is 7.11 Å². The van der Waals surface area contributed by atoms with Gasteiger partial charge in [0, 0.05) is 6.54 Å². The van der Waals surface area contributed by atoms with E-state index in [4.69, 9.17) is 9.47 Å². The molecule has 0 aliphatic carbocycles. The van der Waals surface area contributed by atoms with Gasteiger partial charge in [0.25, 0.3) is 0 Å². The summed E-state index contributed by atoms with van der Waals surface area (Å²) in [4.78, 5) is 35.7. The third-order valence-electron chi connectivity index (χ3n) is 3.93. The zero-order valence-corrected chi connectivity index (χ0v) is 16.9. The maximum absolute atomic E-state index is 12.5. The molecular weight excluding hydrogens is 380 g/mol. The van der Waals surface area contributed by atoms with Gasteiger partial charge in [-0.25, -0.2) is 19.1 Å². The van der Waals surface area contributed by atoms with Crippen LogP contribution < -0.4 is 15.7 Å². The molecule has 0 saturated heterocycles. The fourth-order valence-electron chi connectivity index (χ4n) is 2.52. The van der Waals surface area contributed by atoms with Crippen LogP contribution in [0.25, 0.3) is 0 Å². The zero-order valence-electron chi connectivity index (χ0n) is 16.9. The molecule has 0 aliphatic rings. The predicted molar refractivity (Wildman–Crippen MR) is 104 cm³/mol. The van der Waals surface area contributed by atoms with Crippen molar-refractivity contribution in [1.29, 1.82) is 0 Å². The molecule has 0 radical (unpaired) electrons. The van der Waals surface area contributed by atoms with E-state index >= 15 is 0 Å². The summed E-state index contributed by atoms with van der Waals surface area (Å²) in [6, 6.07) is 6.07. The predicted octanol–water partition coefficient (Wildman–Crippen LogP) is 1.47. The highest BCUT2D eigenvalue weighted by Crippen LogP contribution is 2.12. The summed E-state index contributed by atoms with van der Waals surface area (Å²) in [7, 11) is 1.58. The summed E-state index contributed by atoms with van der Waals surface area (Å²) in [5.41, 5.74) is -0.228. The van der Waals surface area contributed by atoms with Gasteiger partial charge in [-0.05, 0) is 44.9 Å². The van der Waals surface area contributed by atoms with E-state index in [1.165, 1.54) is 10.9 Å². The number of benzene rings is 1. The van der Waals surface area contributed by atoms with Gasteiger partial charge in [0.2, 0.25) is 0 Å². The Morgan fingerprint density at radius 2 is 1.90 bits per heavy atom. The number of aromatic nitrogens is 3. The van der Waals surface area contributed by atoms with E-state index in [0.29, 0.717) is 12.3 Å². The molecular formula is C19H26N4O6. The average molecular weight is 406 g/mol. The molecule has 0 aliphatic heterocycles. The van der Waals surface area contributed by atoms with Crippen molar-refractivity contribution in [3.05, 3.63) is 46.6 Å². The number of ether oxygens (including phenoxy) is 2. The number of carbonyl (C=O) groups is 2. The molecule has 1 amide bonds. The molecule has 2 aromatic rings. The van der Waals surface area contributed by atoms with Crippen LogP contribution in [0, 0.1) is 0 Å². The lowest BCUT2D eigenvalue weighted by Gasteiger charge is -2.21. The second-order valence-corrected chi connectivity index (χ2v) is 7.44. The topological polar surface area (TPSA) is 125 Å². The molecule has 1 aromatic carbocycles. The van der Waals surface area contributed by atoms with Crippen LogP contribution in [0.5, 0.6) is 5.75 Å². The van der Waals surface area contributed by atoms with Crippen molar-refractivity contribution in [3.63, 3.8) is 0 Å². The van der Waals surface area contributed by atoms with Crippen molar-refractivity contribution in [1.82, 2.24) is 19.7 Å². The number of carboxylic acid groups (broad SMARTS) is 1. The fourth-order valence-corrected chi connectivity index (χ4v) is 2.52. The first kappa shape index (κ1) is 22.0. The van der Waals surface area contributed by atoms with E-state index in [0.717, 1.165) is 10.2 Å². The Hall–Kier alpha value is -3.30. The SMILES string of the molecule is COc1ccc(Cn2cnn(CC[C@H](NC(=O)OC(C)(C)C)C(=O)O)c2=O)cc1. The number of hydrogen-bond acceptors (Lipinski definition) is 6. The van der Waals surface area contributed by atoms with Crippen LogP contribution in [0.15, 0.2) is 35.4 Å². The Morgan fingerprint density at radius 3 is 2.45 bits per heavy atom. The zero-order chi connectivity index (χ0) is 21.6. The quantitative estimate of drug-likeness (QED) is 0.680. The number of aryl methyl sites for hydroxylation is 1. The number of carbonyl (C=O) groups excluding carboxylic acids is 1. The number of carboxylic acids is 1. The Kier molecular flexibility index (Phi) is 7.03. The Bertz CT molecular complexity index is 895. The lowest BCUT2D eigenvalue weighted by molar-refractivity contribution is -0.139. The average Bonchev–Trinajstić information content (AvgIpc) is 2.97. The van der Waals surface area contributed by atoms with E-state index in [1.54, 1.807) is 40.0 Å². The summed E-state index contributed by atoms with van der Waals surface area (Å²) >= 11 is 0. The second kappa shape index (κ2) is 9.26. The van der Waals surface area contributed by atoms with Gasteiger partial charge in [0.1, 0.15) is 23.7 Å². The first-order valence-corrected chi connectivity index (χ1v) is 9.06. The maximum Gasteiger partial charge on any atom is 0.408 e. The van der Waals surface area contributed by atoms with Crippen molar-refractivity contribution in [3.8, 4) is 5.75 Å². The fraction of sp³-hybridized carbons (Fsp3) is 0.474. The summed E-state index contributed by atoms with van der Waals surface area (Å²) in [5.74, 6) is -0.504. The standard InChI is InChI=1S/C19H26N4O6/c1-19(2,3)29-17(26)21-15(16(24)25)9-10-23-18(27)22(12-20-23)11-13-5-7-14(28-4)8-6-13/h5-8,12,15H,9-11H2,1-4H3,(H,21,26)(H,24,25)/t15-/m0/s1. The van der Waals surface area contributed by atoms with Gasteiger partial charge in [0.05, 0.1) is 13.7 Å². The van der Waals surface area contributed by atoms with Crippen LogP contribution in [0.3, 0.4) is 0 Å². The Morgan fingerprint density at radius 1 is 1.24 bits per heavy atom. The minimum absolute atomic E-state index is 0.0198. The Labute approximate surface area is 168 Å². The molecule has 2 rings (SSSR count). The first-order chi connectivity index (χ1) is 13.6. The third-order valence-corrected chi connectivity index (χ3v) is 3.93. The summed E-state index contributed by atoms with van der Waals surface area (Å²) in [5, 5.41) is 15.6. The number of rotatable bonds is 8. The molecule has 10 heteroatoms. The maximum atomic E-state index is 12.5. The van der Waals surface area contributed by atoms with Gasteiger partial charge in [-0.1, -0.05) is 12.1 Å². The minimum Gasteiger partial charge on any atom is -0.497 e. The number of alkyl carbamates (subject to hydrolysis) is 1. The molecule has 1 aromatic heterocycles. The molecule has 158 valence electrons. The first-order valence-electron chi connectivity index (χ1n) is 9.06. The second-order valence-electron chi connectivity index (χ2n) is 7.44. The number of nitrogens with one attached hydrogen (secondary N) is 1. The molecule has 1 atom stereocenters. The van der Waals surface area contributed by atoms with Gasteiger partial charge in [0.15, 0.2) is 0 Å². The number of aliphatic carboxylic acids is 1. The number of amides is 1. The lowest BCUT2D eigenvalue weighted by Crippen LogP contribution is -2.44. The van der Waals surface area contributed by atoms with Crippen molar-refractivity contribution >= 4 is 12.1 Å². The number of methoxy groups -OCH3 is 1. The third kappa shape index (κ3) is 6.66. The molecule has 2 N–H and O–H groups in total. The largest absolute Gasteiger partial charge is 0.497 e. The molecule has 0 spiro atoms. The van der Waals surface area contributed by atoms with Crippen LogP contribution in [0.4, 0.5) is 4.79 Å². The van der Waals surface area contributed by atoms with E-state index in [9.17, 15) is 19.5 Å². The molecule has 0 fully saturated rings. The van der Waals surface area contributed by atoms with Gasteiger partial charge in [-0.2, -0.15) is 5.10 Å². The molecule has 0 bridgehead atoms. The van der Waals surface area contributed by atoms with Crippen molar-refractivity contribution < 1.29 is 24.2 Å². The van der Waals surface area contributed by atoms with Crippen LogP contribution in [-0.4, -0.2) is 50.3 Å². The number of nitrogens with zero attached hydrogens (tertiary/aromatic N) is 3. The molecule has 29 heavy (non-hydrogen) atoms. The molecule has 0 unspecified atom stereocenters. The van der Waals surface area contributed by atoms with E-state index in [1.807, 2.05) is 12.1 Å². The van der Waals surface area contributed by atoms with Crippen LogP contribution in [0.1, 0.15) is 32.8 Å². The highest BCUT2D eigenvalue weighted by Gasteiger charge is 2.24. The Balaban J connectivity index is 1.99. The molecule has 1 heterocycles. The smallest absolute Gasteiger partial charge is 0.408 e. The summed E-state index contributed by atoms with van der Waals surface area (Å²) in [6.07, 6.45) is 0.541. The van der Waals surface area contributed by atoms with E-state index in [2.05, 4.69) is 10.4 Å². The van der Waals surface area contributed by atoms with Crippen molar-refractivity contribution in [2.45, 2.75) is 51.9 Å². The van der Waals surface area contributed by atoms with Crippen LogP contribution in [-0.2, 0) is 22.6 Å². The van der Waals surface area contributed by atoms with Gasteiger partial charge >= 0.3 is 17.8 Å².